The summed E-state index contributed by atoms with van der Waals surface area (Å²) < 4.78 is 83.9. The number of halogens is 4. The Hall–Kier alpha value is -2.37. The first-order valence-electron chi connectivity index (χ1n) is 10.7. The van der Waals surface area contributed by atoms with Gasteiger partial charge in [-0.3, -0.25) is 0 Å². The maximum Gasteiger partial charge on any atom is 0.697 e. The van der Waals surface area contributed by atoms with Gasteiger partial charge in [0, 0.05) is 15.0 Å². The number of aliphatic hydroxyl groups is 1. The number of hydrogen-bond acceptors (Lipinski definition) is 5. The van der Waals surface area contributed by atoms with Crippen molar-refractivity contribution in [2.75, 3.05) is 0 Å². The molecule has 0 saturated carbocycles. The summed E-state index contributed by atoms with van der Waals surface area (Å²) in [5, 5.41) is 11.0. The maximum absolute atomic E-state index is 13.3. The van der Waals surface area contributed by atoms with E-state index in [1.165, 1.54) is 26.0 Å². The van der Waals surface area contributed by atoms with E-state index in [1.807, 2.05) is 0 Å². The molecule has 13 heteroatoms. The topological polar surface area (TPSA) is 113 Å². The van der Waals surface area contributed by atoms with Gasteiger partial charge >= 0.3 is 14.4 Å². The summed E-state index contributed by atoms with van der Waals surface area (Å²) >= 11 is 5.90. The quantitative estimate of drug-likeness (QED) is 0.211. The van der Waals surface area contributed by atoms with Crippen LogP contribution in [0.25, 0.3) is 11.1 Å². The van der Waals surface area contributed by atoms with E-state index in [0.717, 1.165) is 29.8 Å². The Bertz CT molecular complexity index is 1350. The zero-order chi connectivity index (χ0) is 27.6. The van der Waals surface area contributed by atoms with E-state index in [9.17, 15) is 31.3 Å². The van der Waals surface area contributed by atoms with Crippen LogP contribution in [0.5, 0.6) is 0 Å². The van der Waals surface area contributed by atoms with E-state index < -0.39 is 47.8 Å². The highest BCUT2D eigenvalue weighted by molar-refractivity contribution is 7.89. The molecule has 0 amide bonds. The molecular weight excluding hydrogens is 554 g/mol. The fourth-order valence-corrected chi connectivity index (χ4v) is 5.52. The number of hydrogen-bond donors (Lipinski definition) is 3. The summed E-state index contributed by atoms with van der Waals surface area (Å²) in [7, 11) is -7.55. The van der Waals surface area contributed by atoms with Gasteiger partial charge in [-0.1, -0.05) is 66.4 Å². The highest BCUT2D eigenvalue weighted by Crippen LogP contribution is 2.41. The lowest BCUT2D eigenvalue weighted by atomic mass is 9.80. The van der Waals surface area contributed by atoms with Gasteiger partial charge in [0.05, 0.1) is 16.5 Å². The Balaban J connectivity index is 1.98. The van der Waals surface area contributed by atoms with Crippen molar-refractivity contribution in [3.05, 3.63) is 88.9 Å². The van der Waals surface area contributed by atoms with Crippen molar-refractivity contribution in [1.29, 1.82) is 0 Å². The lowest BCUT2D eigenvalue weighted by Gasteiger charge is -2.36. The summed E-state index contributed by atoms with van der Waals surface area (Å²) in [5.41, 5.74) is -0.989. The predicted molar refractivity (Wildman–Crippen MR) is 132 cm³/mol. The largest absolute Gasteiger partial charge is 0.697 e. The van der Waals surface area contributed by atoms with Crippen molar-refractivity contribution in [3.63, 3.8) is 0 Å². The van der Waals surface area contributed by atoms with Crippen LogP contribution < -0.4 is 4.72 Å². The van der Waals surface area contributed by atoms with Crippen LogP contribution in [0.1, 0.15) is 31.0 Å². The molecule has 7 nitrogen and oxygen atoms in total. The van der Waals surface area contributed by atoms with Gasteiger partial charge in [0.25, 0.3) is 0 Å². The molecule has 0 radical (unpaired) electrons. The first-order chi connectivity index (χ1) is 17.1. The van der Waals surface area contributed by atoms with E-state index in [0.29, 0.717) is 10.6 Å². The standard InChI is InChI=1S/C24H22ClF3NO6PS/c1-23(2,22(30)35-36(31)32)21(17-3-9-18(10-4-17)24(26,27)28)29-37(33,34)20-13-7-16(8-14-20)15-5-11-19(25)12-6-15/h3-14,21-22,29-30H,1-2H3/p+1. The minimum atomic E-state index is -4.62. The third kappa shape index (κ3) is 7.14. The molecule has 0 spiro atoms. The minimum absolute atomic E-state index is 0.0650. The number of alkyl halides is 3. The molecule has 3 rings (SSSR count). The second kappa shape index (κ2) is 11.2. The molecule has 0 bridgehead atoms. The molecule has 0 aliphatic heterocycles. The third-order valence-electron chi connectivity index (χ3n) is 5.76. The van der Waals surface area contributed by atoms with Crippen molar-refractivity contribution >= 4 is 29.9 Å². The van der Waals surface area contributed by atoms with Crippen LogP contribution in [0.3, 0.4) is 0 Å². The lowest BCUT2D eigenvalue weighted by Crippen LogP contribution is -2.45. The average molecular weight is 577 g/mol. The van der Waals surface area contributed by atoms with Crippen LogP contribution in [0.15, 0.2) is 77.7 Å². The zero-order valence-electron chi connectivity index (χ0n) is 19.5. The molecule has 0 aliphatic rings. The van der Waals surface area contributed by atoms with Crippen molar-refractivity contribution < 1.29 is 40.7 Å². The molecule has 0 aromatic heterocycles. The van der Waals surface area contributed by atoms with Crippen molar-refractivity contribution in [3.8, 4) is 11.1 Å². The van der Waals surface area contributed by atoms with Crippen LogP contribution in [-0.2, 0) is 25.3 Å². The number of rotatable bonds is 9. The molecule has 0 saturated heterocycles. The zero-order valence-corrected chi connectivity index (χ0v) is 21.9. The highest BCUT2D eigenvalue weighted by Gasteiger charge is 2.45. The highest BCUT2D eigenvalue weighted by atomic mass is 35.5. The van der Waals surface area contributed by atoms with Gasteiger partial charge in [0.1, 0.15) is 0 Å². The molecule has 3 atom stereocenters. The van der Waals surface area contributed by atoms with Gasteiger partial charge in [-0.05, 0) is 53.1 Å². The molecule has 3 unspecified atom stereocenters. The molecular formula is C24H23ClF3NO6PS+. The van der Waals surface area contributed by atoms with Crippen molar-refractivity contribution in [2.45, 2.75) is 37.3 Å². The van der Waals surface area contributed by atoms with E-state index in [-0.39, 0.29) is 10.5 Å². The number of benzene rings is 3. The summed E-state index contributed by atoms with van der Waals surface area (Å²) in [6.07, 6.45) is -6.57. The Kier molecular flexibility index (Phi) is 8.81. The van der Waals surface area contributed by atoms with E-state index in [2.05, 4.69) is 9.25 Å². The van der Waals surface area contributed by atoms with Crippen LogP contribution in [-0.4, -0.2) is 24.7 Å². The fraction of sp³-hybridized carbons (Fsp3) is 0.250. The molecule has 0 aliphatic carbocycles. The first-order valence-corrected chi connectivity index (χ1v) is 13.7. The van der Waals surface area contributed by atoms with Crippen LogP contribution in [0.2, 0.25) is 5.02 Å². The minimum Gasteiger partial charge on any atom is -0.364 e. The SMILES string of the molecule is CC(C)(C(O)O[P+](=O)O)C(NS(=O)(=O)c1ccc(-c2ccc(Cl)cc2)cc1)c1ccc(C(F)(F)F)cc1. The Morgan fingerprint density at radius 3 is 1.86 bits per heavy atom. The molecule has 37 heavy (non-hydrogen) atoms. The number of sulfonamides is 1. The molecule has 0 fully saturated rings. The second-order valence-corrected chi connectivity index (χ2v) is 11.6. The summed E-state index contributed by atoms with van der Waals surface area (Å²) in [5.74, 6) is 0. The Labute approximate surface area is 217 Å². The van der Waals surface area contributed by atoms with Crippen LogP contribution in [0, 0.1) is 5.41 Å². The number of nitrogens with one attached hydrogen (secondary N) is 1. The summed E-state index contributed by atoms with van der Waals surface area (Å²) in [6.45, 7) is 2.68. The monoisotopic (exact) mass is 576 g/mol. The van der Waals surface area contributed by atoms with E-state index in [1.54, 1.807) is 36.4 Å². The van der Waals surface area contributed by atoms with Gasteiger partial charge < -0.3 is 5.11 Å². The van der Waals surface area contributed by atoms with Gasteiger partial charge in [0.15, 0.2) is 0 Å². The van der Waals surface area contributed by atoms with Crippen LogP contribution >= 0.6 is 19.9 Å². The van der Waals surface area contributed by atoms with Crippen LogP contribution in [0.4, 0.5) is 13.2 Å². The normalized spacial score (nSPS) is 14.8. The molecule has 3 aromatic rings. The summed E-state index contributed by atoms with van der Waals surface area (Å²) in [6, 6.07) is 15.1. The van der Waals surface area contributed by atoms with Crippen molar-refractivity contribution in [1.82, 2.24) is 4.72 Å². The molecule has 3 N–H and O–H groups in total. The molecule has 198 valence electrons. The first kappa shape index (κ1) is 29.2. The fourth-order valence-electron chi connectivity index (χ4n) is 3.57. The Morgan fingerprint density at radius 2 is 1.41 bits per heavy atom. The number of aliphatic hydroxyl groups excluding tert-OH is 1. The second-order valence-electron chi connectivity index (χ2n) is 8.72. The predicted octanol–water partition coefficient (Wildman–Crippen LogP) is 6.06. The third-order valence-corrected chi connectivity index (χ3v) is 7.83. The maximum atomic E-state index is 13.3. The van der Waals surface area contributed by atoms with Gasteiger partial charge in [-0.15, -0.1) is 4.89 Å². The van der Waals surface area contributed by atoms with E-state index >= 15 is 0 Å². The average Bonchev–Trinajstić information content (AvgIpc) is 2.82. The lowest BCUT2D eigenvalue weighted by molar-refractivity contribution is -0.137. The Morgan fingerprint density at radius 1 is 0.919 bits per heavy atom. The van der Waals surface area contributed by atoms with Gasteiger partial charge in [-0.2, -0.15) is 13.2 Å². The van der Waals surface area contributed by atoms with Gasteiger partial charge in [0.2, 0.25) is 16.3 Å². The van der Waals surface area contributed by atoms with Gasteiger partial charge in [-0.25, -0.2) is 13.1 Å². The van der Waals surface area contributed by atoms with E-state index in [4.69, 9.17) is 16.5 Å². The smallest absolute Gasteiger partial charge is 0.364 e. The molecule has 0 heterocycles. The summed E-state index contributed by atoms with van der Waals surface area (Å²) in [4.78, 5) is 8.91. The molecule has 3 aromatic carbocycles. The van der Waals surface area contributed by atoms with Crippen molar-refractivity contribution in [2.24, 2.45) is 5.41 Å².